The van der Waals surface area contributed by atoms with Gasteiger partial charge in [-0.2, -0.15) is 4.52 Å². The number of anilines is 1. The second-order valence-corrected chi connectivity index (χ2v) is 7.07. The summed E-state index contributed by atoms with van der Waals surface area (Å²) < 4.78 is 15.7. The summed E-state index contributed by atoms with van der Waals surface area (Å²) in [5, 5.41) is 25.9. The van der Waals surface area contributed by atoms with Crippen molar-refractivity contribution in [3.63, 3.8) is 0 Å². The van der Waals surface area contributed by atoms with E-state index < -0.39 is 6.10 Å². The molecular formula is C22H22FN5O. The lowest BCUT2D eigenvalue weighted by Crippen LogP contribution is -2.18. The molecule has 2 unspecified atom stereocenters. The van der Waals surface area contributed by atoms with Crippen LogP contribution >= 0.6 is 0 Å². The molecule has 0 spiro atoms. The fourth-order valence-electron chi connectivity index (χ4n) is 3.40. The standard InChI is InChI=1S/C22H22FN5O/c1-15(29)13-17(16-7-3-2-4-8-16)14-24-20-11-12-21-25-26-22(28(21)27-20)18-9-5-6-10-19(18)23/h2-12,15,17,29H,13-14H2,1H3,(H,24,27). The van der Waals surface area contributed by atoms with Crippen LogP contribution in [0.2, 0.25) is 0 Å². The molecule has 4 aromatic rings. The van der Waals surface area contributed by atoms with Crippen molar-refractivity contribution in [2.24, 2.45) is 0 Å². The third-order valence-electron chi connectivity index (χ3n) is 4.80. The number of aliphatic hydroxyl groups excluding tert-OH is 1. The summed E-state index contributed by atoms with van der Waals surface area (Å²) in [4.78, 5) is 0. The van der Waals surface area contributed by atoms with Gasteiger partial charge in [-0.05, 0) is 43.2 Å². The largest absolute Gasteiger partial charge is 0.393 e. The quantitative estimate of drug-likeness (QED) is 0.500. The lowest BCUT2D eigenvalue weighted by Gasteiger charge is -2.20. The molecule has 2 N–H and O–H groups in total. The molecule has 29 heavy (non-hydrogen) atoms. The minimum absolute atomic E-state index is 0.126. The Hall–Kier alpha value is -3.32. The van der Waals surface area contributed by atoms with Gasteiger partial charge in [-0.25, -0.2) is 4.39 Å². The van der Waals surface area contributed by atoms with Gasteiger partial charge in [0.25, 0.3) is 0 Å². The highest BCUT2D eigenvalue weighted by Gasteiger charge is 2.16. The Morgan fingerprint density at radius 1 is 1.00 bits per heavy atom. The molecule has 2 heterocycles. The molecule has 0 aliphatic carbocycles. The highest BCUT2D eigenvalue weighted by molar-refractivity contribution is 5.60. The van der Waals surface area contributed by atoms with Crippen molar-refractivity contribution in [1.82, 2.24) is 19.8 Å². The first-order valence-electron chi connectivity index (χ1n) is 9.56. The van der Waals surface area contributed by atoms with Crippen molar-refractivity contribution in [2.75, 3.05) is 11.9 Å². The Kier molecular flexibility index (Phi) is 5.48. The van der Waals surface area contributed by atoms with Crippen molar-refractivity contribution in [2.45, 2.75) is 25.4 Å². The van der Waals surface area contributed by atoms with E-state index in [9.17, 15) is 9.50 Å². The van der Waals surface area contributed by atoms with E-state index in [-0.39, 0.29) is 11.7 Å². The molecule has 0 aliphatic rings. The number of fused-ring (bicyclic) bond motifs is 1. The van der Waals surface area contributed by atoms with Gasteiger partial charge in [-0.15, -0.1) is 15.3 Å². The Labute approximate surface area is 168 Å². The maximum Gasteiger partial charge on any atom is 0.188 e. The van der Waals surface area contributed by atoms with E-state index in [0.717, 1.165) is 5.56 Å². The first-order valence-corrected chi connectivity index (χ1v) is 9.56. The predicted molar refractivity (Wildman–Crippen MR) is 110 cm³/mol. The van der Waals surface area contributed by atoms with Crippen LogP contribution in [-0.2, 0) is 0 Å². The Balaban J connectivity index is 1.59. The number of aliphatic hydroxyl groups is 1. The molecule has 7 heteroatoms. The molecule has 4 rings (SSSR count). The van der Waals surface area contributed by atoms with E-state index in [1.165, 1.54) is 10.6 Å². The van der Waals surface area contributed by atoms with E-state index in [1.807, 2.05) is 24.3 Å². The molecular weight excluding hydrogens is 369 g/mol. The van der Waals surface area contributed by atoms with Crippen LogP contribution in [0.25, 0.3) is 17.0 Å². The van der Waals surface area contributed by atoms with Gasteiger partial charge in [0.2, 0.25) is 0 Å². The van der Waals surface area contributed by atoms with Gasteiger partial charge in [0.05, 0.1) is 11.7 Å². The van der Waals surface area contributed by atoms with E-state index in [0.29, 0.717) is 35.8 Å². The third-order valence-corrected chi connectivity index (χ3v) is 4.80. The summed E-state index contributed by atoms with van der Waals surface area (Å²) >= 11 is 0. The second-order valence-electron chi connectivity index (χ2n) is 7.07. The second kappa shape index (κ2) is 8.36. The summed E-state index contributed by atoms with van der Waals surface area (Å²) in [7, 11) is 0. The van der Waals surface area contributed by atoms with Crippen LogP contribution in [0.3, 0.4) is 0 Å². The summed E-state index contributed by atoms with van der Waals surface area (Å²) in [6.07, 6.45) is 0.217. The number of nitrogens with zero attached hydrogens (tertiary/aromatic N) is 4. The fourth-order valence-corrected chi connectivity index (χ4v) is 3.40. The minimum atomic E-state index is -0.414. The van der Waals surface area contributed by atoms with E-state index in [1.54, 1.807) is 31.2 Å². The highest BCUT2D eigenvalue weighted by atomic mass is 19.1. The Morgan fingerprint density at radius 3 is 2.52 bits per heavy atom. The SMILES string of the molecule is CC(O)CC(CNc1ccc2nnc(-c3ccccc3F)n2n1)c1ccccc1. The van der Waals surface area contributed by atoms with Crippen LogP contribution < -0.4 is 5.32 Å². The monoisotopic (exact) mass is 391 g/mol. The van der Waals surface area contributed by atoms with Gasteiger partial charge in [-0.1, -0.05) is 42.5 Å². The first kappa shape index (κ1) is 19.0. The highest BCUT2D eigenvalue weighted by Crippen LogP contribution is 2.23. The molecule has 0 amide bonds. The number of rotatable bonds is 7. The van der Waals surface area contributed by atoms with Crippen LogP contribution in [0.15, 0.2) is 66.7 Å². The van der Waals surface area contributed by atoms with Gasteiger partial charge in [0, 0.05) is 12.5 Å². The molecule has 0 fully saturated rings. The molecule has 2 aromatic carbocycles. The predicted octanol–water partition coefficient (Wildman–Crippen LogP) is 3.90. The molecule has 0 aliphatic heterocycles. The molecule has 148 valence electrons. The van der Waals surface area contributed by atoms with Crippen LogP contribution in [-0.4, -0.2) is 37.6 Å². The average Bonchev–Trinajstić information content (AvgIpc) is 3.15. The van der Waals surface area contributed by atoms with E-state index >= 15 is 0 Å². The van der Waals surface area contributed by atoms with Gasteiger partial charge < -0.3 is 10.4 Å². The normalized spacial score (nSPS) is 13.3. The average molecular weight is 391 g/mol. The molecule has 0 radical (unpaired) electrons. The first-order chi connectivity index (χ1) is 14.1. The number of halogens is 1. The summed E-state index contributed by atoms with van der Waals surface area (Å²) in [5.41, 5.74) is 2.04. The summed E-state index contributed by atoms with van der Waals surface area (Å²) in [6, 6.07) is 20.1. The van der Waals surface area contributed by atoms with E-state index in [4.69, 9.17) is 0 Å². The number of hydrogen-bond acceptors (Lipinski definition) is 5. The van der Waals surface area contributed by atoms with E-state index in [2.05, 4.69) is 32.7 Å². The van der Waals surface area contributed by atoms with Crippen molar-refractivity contribution < 1.29 is 9.50 Å². The topological polar surface area (TPSA) is 75.3 Å². The van der Waals surface area contributed by atoms with Gasteiger partial charge >= 0.3 is 0 Å². The molecule has 0 saturated carbocycles. The van der Waals surface area contributed by atoms with Crippen LogP contribution in [0.1, 0.15) is 24.8 Å². The molecule has 0 saturated heterocycles. The smallest absolute Gasteiger partial charge is 0.188 e. The zero-order valence-corrected chi connectivity index (χ0v) is 16.0. The van der Waals surface area contributed by atoms with Crippen molar-refractivity contribution in [3.05, 3.63) is 78.1 Å². The lowest BCUT2D eigenvalue weighted by atomic mass is 9.93. The molecule has 6 nitrogen and oxygen atoms in total. The summed E-state index contributed by atoms with van der Waals surface area (Å²) in [5.74, 6) is 0.732. The van der Waals surface area contributed by atoms with Crippen molar-refractivity contribution in [3.8, 4) is 11.4 Å². The number of benzene rings is 2. The minimum Gasteiger partial charge on any atom is -0.393 e. The maximum atomic E-state index is 14.2. The third kappa shape index (κ3) is 4.25. The maximum absolute atomic E-state index is 14.2. The Morgan fingerprint density at radius 2 is 1.76 bits per heavy atom. The van der Waals surface area contributed by atoms with Gasteiger partial charge in [0.1, 0.15) is 11.6 Å². The van der Waals surface area contributed by atoms with Crippen molar-refractivity contribution in [1.29, 1.82) is 0 Å². The van der Waals surface area contributed by atoms with Gasteiger partial charge in [0.15, 0.2) is 11.5 Å². The lowest BCUT2D eigenvalue weighted by molar-refractivity contribution is 0.175. The van der Waals surface area contributed by atoms with Crippen molar-refractivity contribution >= 4 is 11.5 Å². The fraction of sp³-hybridized carbons (Fsp3) is 0.227. The van der Waals surface area contributed by atoms with Gasteiger partial charge in [-0.3, -0.25) is 0 Å². The Bertz CT molecular complexity index is 1100. The zero-order chi connectivity index (χ0) is 20.2. The molecule has 2 aromatic heterocycles. The number of nitrogens with one attached hydrogen (secondary N) is 1. The van der Waals surface area contributed by atoms with Crippen LogP contribution in [0, 0.1) is 5.82 Å². The number of hydrogen-bond donors (Lipinski definition) is 2. The summed E-state index contributed by atoms with van der Waals surface area (Å²) in [6.45, 7) is 2.39. The number of aromatic nitrogens is 4. The molecule has 2 atom stereocenters. The van der Waals surface area contributed by atoms with Crippen LogP contribution in [0.4, 0.5) is 10.2 Å². The van der Waals surface area contributed by atoms with Crippen LogP contribution in [0.5, 0.6) is 0 Å². The zero-order valence-electron chi connectivity index (χ0n) is 16.0. The molecule has 0 bridgehead atoms.